The number of benzene rings is 2. The number of aromatic nitrogens is 5. The lowest BCUT2D eigenvalue weighted by Crippen LogP contribution is -2.33. The Hall–Kier alpha value is -3.43. The highest BCUT2D eigenvalue weighted by molar-refractivity contribution is 5.79. The molecule has 1 aliphatic rings. The number of ether oxygens (including phenoxy) is 1. The zero-order valence-corrected chi connectivity index (χ0v) is 20.7. The lowest BCUT2D eigenvalue weighted by atomic mass is 10.1. The average Bonchev–Trinajstić information content (AvgIpc) is 3.55. The van der Waals surface area contributed by atoms with E-state index >= 15 is 0 Å². The van der Waals surface area contributed by atoms with Gasteiger partial charge in [-0.05, 0) is 77.9 Å². The lowest BCUT2D eigenvalue weighted by Gasteiger charge is -2.30. The minimum Gasteiger partial charge on any atom is -0.376 e. The zero-order chi connectivity index (χ0) is 25.1. The Bertz CT molecular complexity index is 1380. The van der Waals surface area contributed by atoms with E-state index in [2.05, 4.69) is 38.4 Å². The molecule has 1 aliphatic heterocycles. The minimum absolute atomic E-state index is 0.0990. The van der Waals surface area contributed by atoms with Crippen LogP contribution in [0.15, 0.2) is 53.3 Å². The van der Waals surface area contributed by atoms with Gasteiger partial charge in [0.2, 0.25) is 0 Å². The maximum Gasteiger partial charge on any atom is 0.252 e. The zero-order valence-electron chi connectivity index (χ0n) is 20.7. The van der Waals surface area contributed by atoms with Crippen LogP contribution in [0.1, 0.15) is 54.7 Å². The molecule has 3 heterocycles. The Kier molecular flexibility index (Phi) is 7.20. The summed E-state index contributed by atoms with van der Waals surface area (Å²) in [4.78, 5) is 18.3. The molecule has 0 spiro atoms. The number of halogens is 1. The molecule has 8 nitrogen and oxygen atoms in total. The molecule has 0 bridgehead atoms. The summed E-state index contributed by atoms with van der Waals surface area (Å²) < 4.78 is 21.2. The van der Waals surface area contributed by atoms with Crippen molar-refractivity contribution in [2.24, 2.45) is 0 Å². The second kappa shape index (κ2) is 10.7. The molecular weight excluding hydrogens is 459 g/mol. The van der Waals surface area contributed by atoms with Crippen LogP contribution in [0.3, 0.4) is 0 Å². The summed E-state index contributed by atoms with van der Waals surface area (Å²) >= 11 is 0. The van der Waals surface area contributed by atoms with Gasteiger partial charge in [-0.15, -0.1) is 5.10 Å². The van der Waals surface area contributed by atoms with E-state index < -0.39 is 0 Å². The summed E-state index contributed by atoms with van der Waals surface area (Å²) in [5.74, 6) is 0.461. The predicted molar refractivity (Wildman–Crippen MR) is 135 cm³/mol. The van der Waals surface area contributed by atoms with Crippen LogP contribution in [0.4, 0.5) is 4.39 Å². The molecule has 1 fully saturated rings. The molecule has 0 amide bonds. The third-order valence-corrected chi connectivity index (χ3v) is 6.83. The molecule has 36 heavy (non-hydrogen) atoms. The molecule has 9 heteroatoms. The largest absolute Gasteiger partial charge is 0.376 e. The SMILES string of the molecule is CC[C@@H](c1nnnn1C[C@@H]1CCCO1)N(Cc1ccc(F)cc1)Cc1cc2cc(C)ccc2[nH]c1=O. The van der Waals surface area contributed by atoms with E-state index in [1.165, 1.54) is 12.1 Å². The van der Waals surface area contributed by atoms with Crippen molar-refractivity contribution in [2.75, 3.05) is 6.61 Å². The highest BCUT2D eigenvalue weighted by Gasteiger charge is 2.28. The van der Waals surface area contributed by atoms with Crippen molar-refractivity contribution >= 4 is 10.9 Å². The molecule has 1 saturated heterocycles. The van der Waals surface area contributed by atoms with Crippen molar-refractivity contribution in [1.82, 2.24) is 30.1 Å². The van der Waals surface area contributed by atoms with Crippen LogP contribution in [0.2, 0.25) is 0 Å². The number of aryl methyl sites for hydroxylation is 1. The number of hydrogen-bond donors (Lipinski definition) is 1. The van der Waals surface area contributed by atoms with Gasteiger partial charge in [-0.1, -0.05) is 30.7 Å². The minimum atomic E-state index is -0.279. The van der Waals surface area contributed by atoms with E-state index in [9.17, 15) is 9.18 Å². The fourth-order valence-corrected chi connectivity index (χ4v) is 4.97. The monoisotopic (exact) mass is 490 g/mol. The van der Waals surface area contributed by atoms with Crippen LogP contribution in [-0.4, -0.2) is 42.8 Å². The maximum atomic E-state index is 13.6. The Balaban J connectivity index is 1.50. The third-order valence-electron chi connectivity index (χ3n) is 6.83. The quantitative estimate of drug-likeness (QED) is 0.376. The van der Waals surface area contributed by atoms with Crippen LogP contribution in [0.25, 0.3) is 10.9 Å². The third kappa shape index (κ3) is 5.37. The molecule has 2 atom stereocenters. The molecule has 0 unspecified atom stereocenters. The number of rotatable bonds is 9. The summed E-state index contributed by atoms with van der Waals surface area (Å²) in [5, 5.41) is 13.6. The number of nitrogens with zero attached hydrogens (tertiary/aromatic N) is 5. The summed E-state index contributed by atoms with van der Waals surface area (Å²) in [6, 6.07) is 14.3. The van der Waals surface area contributed by atoms with Gasteiger partial charge in [0.1, 0.15) is 5.82 Å². The number of aromatic amines is 1. The standard InChI is InChI=1S/C27H31FN6O2/c1-3-25(26-30-31-32-34(26)17-23-5-4-12-36-23)33(15-19-7-9-22(28)10-8-19)16-21-14-20-13-18(2)6-11-24(20)29-27(21)35/h6-11,13-14,23,25H,3-5,12,15-17H2,1-2H3,(H,29,35)/t23-,25-/m0/s1. The first kappa shape index (κ1) is 24.3. The van der Waals surface area contributed by atoms with Gasteiger partial charge in [-0.3, -0.25) is 9.69 Å². The van der Waals surface area contributed by atoms with Gasteiger partial charge >= 0.3 is 0 Å². The summed E-state index contributed by atoms with van der Waals surface area (Å²) in [6.45, 7) is 6.38. The lowest BCUT2D eigenvalue weighted by molar-refractivity contribution is 0.0888. The molecular formula is C27H31FN6O2. The predicted octanol–water partition coefficient (Wildman–Crippen LogP) is 4.29. The average molecular weight is 491 g/mol. The van der Waals surface area contributed by atoms with Crippen LogP contribution < -0.4 is 5.56 Å². The van der Waals surface area contributed by atoms with Gasteiger partial charge < -0.3 is 9.72 Å². The van der Waals surface area contributed by atoms with Crippen molar-refractivity contribution in [1.29, 1.82) is 0 Å². The molecule has 2 aromatic carbocycles. The van der Waals surface area contributed by atoms with E-state index in [4.69, 9.17) is 4.74 Å². The van der Waals surface area contributed by atoms with Crippen molar-refractivity contribution in [3.05, 3.63) is 87.2 Å². The topological polar surface area (TPSA) is 88.9 Å². The number of H-pyrrole nitrogens is 1. The van der Waals surface area contributed by atoms with E-state index in [0.29, 0.717) is 25.2 Å². The van der Waals surface area contributed by atoms with Gasteiger partial charge in [0.15, 0.2) is 5.82 Å². The molecule has 0 aliphatic carbocycles. The maximum absolute atomic E-state index is 13.6. The number of tetrazole rings is 1. The van der Waals surface area contributed by atoms with Crippen LogP contribution >= 0.6 is 0 Å². The molecule has 1 N–H and O–H groups in total. The van der Waals surface area contributed by atoms with Crippen molar-refractivity contribution in [3.63, 3.8) is 0 Å². The number of nitrogens with one attached hydrogen (secondary N) is 1. The number of hydrogen-bond acceptors (Lipinski definition) is 6. The highest BCUT2D eigenvalue weighted by Crippen LogP contribution is 2.27. The fraction of sp³-hybridized carbons (Fsp3) is 0.407. The van der Waals surface area contributed by atoms with Gasteiger partial charge in [-0.25, -0.2) is 9.07 Å². The number of fused-ring (bicyclic) bond motifs is 1. The molecule has 5 rings (SSSR count). The number of pyridine rings is 1. The van der Waals surface area contributed by atoms with Crippen molar-refractivity contribution in [3.8, 4) is 0 Å². The second-order valence-electron chi connectivity index (χ2n) is 9.52. The second-order valence-corrected chi connectivity index (χ2v) is 9.52. The molecule has 188 valence electrons. The first-order valence-corrected chi connectivity index (χ1v) is 12.5. The van der Waals surface area contributed by atoms with Crippen LogP contribution in [-0.2, 0) is 24.4 Å². The van der Waals surface area contributed by atoms with Gasteiger partial charge in [0, 0.05) is 30.8 Å². The molecule has 2 aromatic heterocycles. The van der Waals surface area contributed by atoms with Gasteiger partial charge in [-0.2, -0.15) is 0 Å². The first-order valence-electron chi connectivity index (χ1n) is 12.5. The Morgan fingerprint density at radius 1 is 1.19 bits per heavy atom. The Morgan fingerprint density at radius 3 is 2.78 bits per heavy atom. The fourth-order valence-electron chi connectivity index (χ4n) is 4.97. The van der Waals surface area contributed by atoms with Crippen molar-refractivity contribution < 1.29 is 9.13 Å². The highest BCUT2D eigenvalue weighted by atomic mass is 19.1. The first-order chi connectivity index (χ1) is 17.5. The normalized spacial score (nSPS) is 16.7. The Morgan fingerprint density at radius 2 is 2.03 bits per heavy atom. The molecule has 0 saturated carbocycles. The molecule has 4 aromatic rings. The van der Waals surface area contributed by atoms with Gasteiger partial charge in [0.25, 0.3) is 5.56 Å². The summed E-state index contributed by atoms with van der Waals surface area (Å²) in [6.07, 6.45) is 2.86. The summed E-state index contributed by atoms with van der Waals surface area (Å²) in [7, 11) is 0. The molecule has 0 radical (unpaired) electrons. The van der Waals surface area contributed by atoms with Crippen molar-refractivity contribution in [2.45, 2.75) is 64.9 Å². The van der Waals surface area contributed by atoms with E-state index in [-0.39, 0.29) is 23.5 Å². The summed E-state index contributed by atoms with van der Waals surface area (Å²) in [5.41, 5.74) is 3.42. The van der Waals surface area contributed by atoms with Crippen LogP contribution in [0.5, 0.6) is 0 Å². The van der Waals surface area contributed by atoms with E-state index in [0.717, 1.165) is 53.7 Å². The van der Waals surface area contributed by atoms with E-state index in [1.54, 1.807) is 12.1 Å². The Labute approximate surface area is 209 Å². The van der Waals surface area contributed by atoms with Crippen LogP contribution in [0, 0.1) is 12.7 Å². The smallest absolute Gasteiger partial charge is 0.252 e. The van der Waals surface area contributed by atoms with E-state index in [1.807, 2.05) is 29.8 Å². The van der Waals surface area contributed by atoms with Gasteiger partial charge in [0.05, 0.1) is 18.7 Å².